The first-order chi connectivity index (χ1) is 14.9. The van der Waals surface area contributed by atoms with E-state index in [0.717, 1.165) is 22.5 Å². The van der Waals surface area contributed by atoms with Crippen LogP contribution in [-0.4, -0.2) is 25.5 Å². The minimum atomic E-state index is -0.136. The lowest BCUT2D eigenvalue weighted by Crippen LogP contribution is -2.27. The summed E-state index contributed by atoms with van der Waals surface area (Å²) in [7, 11) is 0. The molecular weight excluding hydrogens is 430 g/mol. The lowest BCUT2D eigenvalue weighted by atomic mass is 10.1. The number of nitrogens with zero attached hydrogens (tertiary/aromatic N) is 4. The lowest BCUT2D eigenvalue weighted by molar-refractivity contribution is 0.0939. The molecule has 8 heteroatoms. The third kappa shape index (κ3) is 4.89. The molecule has 31 heavy (non-hydrogen) atoms. The molecule has 0 fully saturated rings. The molecule has 4 rings (SSSR count). The number of hydrogen-bond donors (Lipinski definition) is 1. The van der Waals surface area contributed by atoms with Crippen LogP contribution in [0.1, 0.15) is 45.8 Å². The molecule has 6 nitrogen and oxygen atoms in total. The molecule has 0 saturated heterocycles. The van der Waals surface area contributed by atoms with Gasteiger partial charge < -0.3 is 5.32 Å². The SMILES string of the molecule is Cc1cc(C)n2nc(SCc3ccccc3C(=O)NC(C)c3ccc(Cl)cc3)nc2n1. The molecule has 0 radical (unpaired) electrons. The highest BCUT2D eigenvalue weighted by Gasteiger charge is 2.16. The van der Waals surface area contributed by atoms with Crippen LogP contribution in [0.2, 0.25) is 5.02 Å². The van der Waals surface area contributed by atoms with E-state index >= 15 is 0 Å². The summed E-state index contributed by atoms with van der Waals surface area (Å²) in [6.45, 7) is 5.87. The highest BCUT2D eigenvalue weighted by molar-refractivity contribution is 7.98. The average molecular weight is 452 g/mol. The summed E-state index contributed by atoms with van der Waals surface area (Å²) in [5.74, 6) is 1.05. The van der Waals surface area contributed by atoms with Gasteiger partial charge >= 0.3 is 0 Å². The number of halogens is 1. The Morgan fingerprint density at radius 3 is 2.65 bits per heavy atom. The van der Waals surface area contributed by atoms with Crippen molar-refractivity contribution >= 4 is 35.0 Å². The fourth-order valence-electron chi connectivity index (χ4n) is 3.33. The van der Waals surface area contributed by atoms with E-state index in [1.807, 2.05) is 75.4 Å². The number of rotatable bonds is 6. The quantitative estimate of drug-likeness (QED) is 0.409. The number of benzene rings is 2. The third-order valence-corrected chi connectivity index (χ3v) is 6.07. The van der Waals surface area contributed by atoms with Crippen molar-refractivity contribution in [3.63, 3.8) is 0 Å². The van der Waals surface area contributed by atoms with Crippen molar-refractivity contribution in [2.24, 2.45) is 0 Å². The number of nitrogens with one attached hydrogen (secondary N) is 1. The number of fused-ring (bicyclic) bond motifs is 1. The summed E-state index contributed by atoms with van der Waals surface area (Å²) in [5.41, 5.74) is 4.46. The molecule has 2 aromatic carbocycles. The largest absolute Gasteiger partial charge is 0.346 e. The Labute approximate surface area is 190 Å². The van der Waals surface area contributed by atoms with Gasteiger partial charge in [-0.05, 0) is 56.2 Å². The predicted octanol–water partition coefficient (Wildman–Crippen LogP) is 5.18. The summed E-state index contributed by atoms with van der Waals surface area (Å²) in [6, 6.07) is 16.9. The van der Waals surface area contributed by atoms with E-state index in [1.165, 1.54) is 11.8 Å². The topological polar surface area (TPSA) is 72.2 Å². The molecule has 0 bridgehead atoms. The van der Waals surface area contributed by atoms with Gasteiger partial charge in [-0.3, -0.25) is 4.79 Å². The Kier molecular flexibility index (Phi) is 6.25. The van der Waals surface area contributed by atoms with Crippen LogP contribution >= 0.6 is 23.4 Å². The van der Waals surface area contributed by atoms with Crippen molar-refractivity contribution < 1.29 is 4.79 Å². The Hall–Kier alpha value is -2.90. The zero-order chi connectivity index (χ0) is 22.0. The third-order valence-electron chi connectivity index (χ3n) is 4.94. The van der Waals surface area contributed by atoms with E-state index in [0.29, 0.717) is 27.3 Å². The zero-order valence-electron chi connectivity index (χ0n) is 17.5. The van der Waals surface area contributed by atoms with E-state index < -0.39 is 0 Å². The van der Waals surface area contributed by atoms with Crippen LogP contribution in [0, 0.1) is 13.8 Å². The molecule has 4 aromatic rings. The molecule has 1 N–H and O–H groups in total. The van der Waals surface area contributed by atoms with Crippen molar-refractivity contribution in [2.75, 3.05) is 0 Å². The standard InChI is InChI=1S/C23H22ClN5OS/c1-14-12-15(2)29-22(25-14)27-23(28-29)31-13-18-6-4-5-7-20(18)21(30)26-16(3)17-8-10-19(24)11-9-17/h4-12,16H,13H2,1-3H3,(H,26,30). The van der Waals surface area contributed by atoms with Gasteiger partial charge in [0, 0.05) is 27.7 Å². The van der Waals surface area contributed by atoms with Gasteiger partial charge in [-0.1, -0.05) is 53.7 Å². The number of carbonyl (C=O) groups excluding carboxylic acids is 1. The van der Waals surface area contributed by atoms with Gasteiger partial charge in [-0.2, -0.15) is 4.98 Å². The van der Waals surface area contributed by atoms with Crippen LogP contribution in [0.3, 0.4) is 0 Å². The van der Waals surface area contributed by atoms with E-state index in [2.05, 4.69) is 20.4 Å². The Balaban J connectivity index is 1.48. The molecule has 1 amide bonds. The van der Waals surface area contributed by atoms with Crippen molar-refractivity contribution in [1.29, 1.82) is 0 Å². The first-order valence-electron chi connectivity index (χ1n) is 9.89. The van der Waals surface area contributed by atoms with Gasteiger partial charge in [0.25, 0.3) is 11.7 Å². The molecule has 158 valence electrons. The maximum atomic E-state index is 13.0. The summed E-state index contributed by atoms with van der Waals surface area (Å²) in [4.78, 5) is 21.9. The summed E-state index contributed by atoms with van der Waals surface area (Å²) in [6.07, 6.45) is 0. The molecule has 1 unspecified atom stereocenters. The number of aromatic nitrogens is 4. The highest BCUT2D eigenvalue weighted by atomic mass is 35.5. The van der Waals surface area contributed by atoms with Gasteiger partial charge in [0.05, 0.1) is 6.04 Å². The fourth-order valence-corrected chi connectivity index (χ4v) is 4.28. The second-order valence-corrected chi connectivity index (χ2v) is 8.72. The first kappa shape index (κ1) is 21.3. The molecule has 0 aliphatic rings. The van der Waals surface area contributed by atoms with Crippen LogP contribution in [-0.2, 0) is 5.75 Å². The van der Waals surface area contributed by atoms with Gasteiger partial charge in [0.2, 0.25) is 5.16 Å². The number of aryl methyl sites for hydroxylation is 2. The van der Waals surface area contributed by atoms with Gasteiger partial charge in [0.15, 0.2) is 0 Å². The second kappa shape index (κ2) is 9.08. The molecule has 2 aromatic heterocycles. The molecule has 0 spiro atoms. The van der Waals surface area contributed by atoms with Crippen molar-refractivity contribution in [1.82, 2.24) is 24.9 Å². The molecule has 0 saturated carbocycles. The molecule has 0 aliphatic carbocycles. The van der Waals surface area contributed by atoms with Crippen molar-refractivity contribution in [3.05, 3.63) is 87.7 Å². The van der Waals surface area contributed by atoms with E-state index in [9.17, 15) is 4.79 Å². The summed E-state index contributed by atoms with van der Waals surface area (Å²) < 4.78 is 1.74. The Bertz CT molecular complexity index is 1240. The van der Waals surface area contributed by atoms with Gasteiger partial charge in [0.1, 0.15) is 0 Å². The summed E-state index contributed by atoms with van der Waals surface area (Å²) >= 11 is 7.45. The normalized spacial score (nSPS) is 12.1. The maximum absolute atomic E-state index is 13.0. The smallest absolute Gasteiger partial charge is 0.253 e. The number of amides is 1. The minimum Gasteiger partial charge on any atom is -0.346 e. The predicted molar refractivity (Wildman–Crippen MR) is 124 cm³/mol. The van der Waals surface area contributed by atoms with Gasteiger partial charge in [-0.25, -0.2) is 9.50 Å². The first-order valence-corrected chi connectivity index (χ1v) is 11.2. The van der Waals surface area contributed by atoms with E-state index in [1.54, 1.807) is 4.52 Å². The minimum absolute atomic E-state index is 0.116. The van der Waals surface area contributed by atoms with Gasteiger partial charge in [-0.15, -0.1) is 5.10 Å². The zero-order valence-corrected chi connectivity index (χ0v) is 19.0. The monoisotopic (exact) mass is 451 g/mol. The van der Waals surface area contributed by atoms with Crippen molar-refractivity contribution in [3.8, 4) is 0 Å². The second-order valence-electron chi connectivity index (χ2n) is 7.34. The van der Waals surface area contributed by atoms with Crippen LogP contribution in [0.15, 0.2) is 59.8 Å². The van der Waals surface area contributed by atoms with E-state index in [-0.39, 0.29) is 11.9 Å². The molecule has 2 heterocycles. The Morgan fingerprint density at radius 1 is 1.13 bits per heavy atom. The van der Waals surface area contributed by atoms with Crippen LogP contribution in [0.25, 0.3) is 5.78 Å². The highest BCUT2D eigenvalue weighted by Crippen LogP contribution is 2.24. The van der Waals surface area contributed by atoms with Crippen LogP contribution in [0.5, 0.6) is 0 Å². The summed E-state index contributed by atoms with van der Waals surface area (Å²) in [5, 5.41) is 8.90. The average Bonchev–Trinajstić information content (AvgIpc) is 3.16. The molecule has 1 atom stereocenters. The van der Waals surface area contributed by atoms with Crippen LogP contribution in [0.4, 0.5) is 0 Å². The lowest BCUT2D eigenvalue weighted by Gasteiger charge is -2.16. The van der Waals surface area contributed by atoms with Crippen molar-refractivity contribution in [2.45, 2.75) is 37.7 Å². The Morgan fingerprint density at radius 2 is 1.87 bits per heavy atom. The number of hydrogen-bond acceptors (Lipinski definition) is 5. The molecular formula is C23H22ClN5OS. The molecule has 0 aliphatic heterocycles. The fraction of sp³-hybridized carbons (Fsp3) is 0.217. The number of carbonyl (C=O) groups is 1. The maximum Gasteiger partial charge on any atom is 0.253 e. The number of thioether (sulfide) groups is 1. The van der Waals surface area contributed by atoms with E-state index in [4.69, 9.17) is 11.6 Å². The van der Waals surface area contributed by atoms with Crippen LogP contribution < -0.4 is 5.32 Å².